The van der Waals surface area contributed by atoms with Crippen LogP contribution in [0.4, 0.5) is 4.39 Å². The molecule has 0 spiro atoms. The van der Waals surface area contributed by atoms with Crippen LogP contribution in [0, 0.1) is 5.82 Å². The standard InChI is InChI=1S/C13H17BrFN/c14-12-4-5-13(15)11(10-12)6-9-16-7-2-1-3-8-16/h4-5,10H,1-3,6-9H2. The first kappa shape index (κ1) is 12.1. The van der Waals surface area contributed by atoms with Crippen LogP contribution in [0.2, 0.25) is 0 Å². The van der Waals surface area contributed by atoms with E-state index >= 15 is 0 Å². The van der Waals surface area contributed by atoms with Gasteiger partial charge < -0.3 is 4.90 Å². The topological polar surface area (TPSA) is 3.24 Å². The quantitative estimate of drug-likeness (QED) is 0.820. The van der Waals surface area contributed by atoms with Gasteiger partial charge in [0.15, 0.2) is 0 Å². The van der Waals surface area contributed by atoms with Gasteiger partial charge in [-0.25, -0.2) is 4.39 Å². The summed E-state index contributed by atoms with van der Waals surface area (Å²) < 4.78 is 14.4. The highest BCUT2D eigenvalue weighted by Gasteiger charge is 2.11. The monoisotopic (exact) mass is 285 g/mol. The molecule has 0 amide bonds. The van der Waals surface area contributed by atoms with Crippen LogP contribution >= 0.6 is 15.9 Å². The van der Waals surface area contributed by atoms with Crippen LogP contribution in [0.1, 0.15) is 24.8 Å². The molecule has 3 heteroatoms. The molecule has 1 aliphatic heterocycles. The van der Waals surface area contributed by atoms with Crippen molar-refractivity contribution in [3.8, 4) is 0 Å². The third-order valence-corrected chi connectivity index (χ3v) is 3.65. The summed E-state index contributed by atoms with van der Waals surface area (Å²) in [7, 11) is 0. The first-order valence-electron chi connectivity index (χ1n) is 5.92. The zero-order valence-electron chi connectivity index (χ0n) is 9.38. The number of rotatable bonds is 3. The molecule has 0 aliphatic carbocycles. The van der Waals surface area contributed by atoms with Crippen LogP contribution in [-0.4, -0.2) is 24.5 Å². The molecule has 88 valence electrons. The highest BCUT2D eigenvalue weighted by molar-refractivity contribution is 9.10. The molecule has 1 saturated heterocycles. The first-order valence-corrected chi connectivity index (χ1v) is 6.71. The van der Waals surface area contributed by atoms with Crippen molar-refractivity contribution in [2.45, 2.75) is 25.7 Å². The minimum absolute atomic E-state index is 0.0831. The molecule has 1 nitrogen and oxygen atoms in total. The number of hydrogen-bond donors (Lipinski definition) is 0. The van der Waals surface area contributed by atoms with E-state index in [0.29, 0.717) is 0 Å². The number of halogens is 2. The Labute approximate surface area is 105 Å². The SMILES string of the molecule is Fc1ccc(Br)cc1CCN1CCCCC1. The second-order valence-electron chi connectivity index (χ2n) is 4.39. The molecule has 1 aliphatic rings. The Morgan fingerprint density at radius 1 is 1.19 bits per heavy atom. The summed E-state index contributed by atoms with van der Waals surface area (Å²) in [5.41, 5.74) is 0.819. The largest absolute Gasteiger partial charge is 0.303 e. The van der Waals surface area contributed by atoms with Gasteiger partial charge in [0, 0.05) is 11.0 Å². The van der Waals surface area contributed by atoms with Crippen molar-refractivity contribution in [3.05, 3.63) is 34.1 Å². The van der Waals surface area contributed by atoms with Crippen molar-refractivity contribution in [2.24, 2.45) is 0 Å². The van der Waals surface area contributed by atoms with Gasteiger partial charge in [-0.3, -0.25) is 0 Å². The molecular weight excluding hydrogens is 269 g/mol. The Hall–Kier alpha value is -0.410. The van der Waals surface area contributed by atoms with Gasteiger partial charge in [-0.15, -0.1) is 0 Å². The van der Waals surface area contributed by atoms with Gasteiger partial charge in [0.25, 0.3) is 0 Å². The van der Waals surface area contributed by atoms with Crippen molar-refractivity contribution in [3.63, 3.8) is 0 Å². The summed E-state index contributed by atoms with van der Waals surface area (Å²) in [4.78, 5) is 2.43. The maximum atomic E-state index is 13.5. The summed E-state index contributed by atoms with van der Waals surface area (Å²) in [5, 5.41) is 0. The number of piperidine rings is 1. The van der Waals surface area contributed by atoms with Crippen molar-refractivity contribution in [2.75, 3.05) is 19.6 Å². The molecule has 0 saturated carbocycles. The van der Waals surface area contributed by atoms with Gasteiger partial charge in [0.2, 0.25) is 0 Å². The van der Waals surface area contributed by atoms with Gasteiger partial charge in [0.1, 0.15) is 5.82 Å². The molecular formula is C13H17BrFN. The van der Waals surface area contributed by atoms with Crippen molar-refractivity contribution < 1.29 is 4.39 Å². The van der Waals surface area contributed by atoms with E-state index in [4.69, 9.17) is 0 Å². The summed E-state index contributed by atoms with van der Waals surface area (Å²) in [6, 6.07) is 5.18. The molecule has 1 heterocycles. The fourth-order valence-corrected chi connectivity index (χ4v) is 2.60. The number of benzene rings is 1. The second kappa shape index (κ2) is 5.78. The molecule has 0 unspecified atom stereocenters. The Morgan fingerprint density at radius 3 is 2.69 bits per heavy atom. The second-order valence-corrected chi connectivity index (χ2v) is 5.30. The van der Waals surface area contributed by atoms with Crippen LogP contribution in [0.25, 0.3) is 0 Å². The van der Waals surface area contributed by atoms with E-state index in [2.05, 4.69) is 20.8 Å². The predicted molar refractivity (Wildman–Crippen MR) is 68.1 cm³/mol. The molecule has 1 aromatic carbocycles. The van der Waals surface area contributed by atoms with Crippen molar-refractivity contribution in [1.82, 2.24) is 4.90 Å². The average Bonchev–Trinajstić information content (AvgIpc) is 2.32. The molecule has 0 radical (unpaired) electrons. The molecule has 1 aromatic rings. The van der Waals surface area contributed by atoms with Crippen LogP contribution in [-0.2, 0) is 6.42 Å². The summed E-state index contributed by atoms with van der Waals surface area (Å²) in [6.45, 7) is 3.33. The molecule has 2 rings (SSSR count). The number of hydrogen-bond acceptors (Lipinski definition) is 1. The Kier molecular flexibility index (Phi) is 4.36. The smallest absolute Gasteiger partial charge is 0.126 e. The zero-order valence-corrected chi connectivity index (χ0v) is 11.0. The Balaban J connectivity index is 1.90. The van der Waals surface area contributed by atoms with Crippen LogP contribution in [0.3, 0.4) is 0 Å². The van der Waals surface area contributed by atoms with Crippen molar-refractivity contribution in [1.29, 1.82) is 0 Å². The Bertz CT molecular complexity index is 348. The average molecular weight is 286 g/mol. The lowest BCUT2D eigenvalue weighted by molar-refractivity contribution is 0.231. The predicted octanol–water partition coefficient (Wildman–Crippen LogP) is 3.62. The van der Waals surface area contributed by atoms with Crippen LogP contribution in [0.15, 0.2) is 22.7 Å². The van der Waals surface area contributed by atoms with Crippen LogP contribution in [0.5, 0.6) is 0 Å². The third kappa shape index (κ3) is 3.29. The van der Waals surface area contributed by atoms with Gasteiger partial charge >= 0.3 is 0 Å². The van der Waals surface area contributed by atoms with E-state index in [1.165, 1.54) is 38.4 Å². The first-order chi connectivity index (χ1) is 7.75. The summed E-state index contributed by atoms with van der Waals surface area (Å²) in [5.74, 6) is -0.0831. The number of likely N-dealkylation sites (tertiary alicyclic amines) is 1. The van der Waals surface area contributed by atoms with Gasteiger partial charge in [-0.2, -0.15) is 0 Å². The van der Waals surface area contributed by atoms with Crippen LogP contribution < -0.4 is 0 Å². The molecule has 0 bridgehead atoms. The fourth-order valence-electron chi connectivity index (χ4n) is 2.20. The Morgan fingerprint density at radius 2 is 1.94 bits per heavy atom. The van der Waals surface area contributed by atoms with Crippen molar-refractivity contribution >= 4 is 15.9 Å². The normalized spacial score (nSPS) is 17.6. The number of nitrogens with zero attached hydrogens (tertiary/aromatic N) is 1. The fraction of sp³-hybridized carbons (Fsp3) is 0.538. The lowest BCUT2D eigenvalue weighted by atomic mass is 10.1. The van der Waals surface area contributed by atoms with E-state index in [1.807, 2.05) is 6.07 Å². The van der Waals surface area contributed by atoms with E-state index in [1.54, 1.807) is 6.07 Å². The third-order valence-electron chi connectivity index (χ3n) is 3.15. The molecule has 0 N–H and O–H groups in total. The lowest BCUT2D eigenvalue weighted by Crippen LogP contribution is -2.31. The lowest BCUT2D eigenvalue weighted by Gasteiger charge is -2.26. The van der Waals surface area contributed by atoms with Gasteiger partial charge in [0.05, 0.1) is 0 Å². The van der Waals surface area contributed by atoms with Gasteiger partial charge in [-0.05, 0) is 56.1 Å². The maximum Gasteiger partial charge on any atom is 0.126 e. The molecule has 16 heavy (non-hydrogen) atoms. The zero-order chi connectivity index (χ0) is 11.4. The minimum Gasteiger partial charge on any atom is -0.303 e. The van der Waals surface area contributed by atoms with Gasteiger partial charge in [-0.1, -0.05) is 22.4 Å². The van der Waals surface area contributed by atoms with E-state index < -0.39 is 0 Å². The molecule has 1 fully saturated rings. The molecule has 0 atom stereocenters. The highest BCUT2D eigenvalue weighted by atomic mass is 79.9. The summed E-state index contributed by atoms with van der Waals surface area (Å²) in [6.07, 6.45) is 4.74. The minimum atomic E-state index is -0.0831. The summed E-state index contributed by atoms with van der Waals surface area (Å²) >= 11 is 3.38. The van der Waals surface area contributed by atoms with E-state index in [0.717, 1.165) is 23.0 Å². The van der Waals surface area contributed by atoms with E-state index in [-0.39, 0.29) is 5.82 Å². The van der Waals surface area contributed by atoms with E-state index in [9.17, 15) is 4.39 Å². The highest BCUT2D eigenvalue weighted by Crippen LogP contribution is 2.17. The molecule has 0 aromatic heterocycles. The maximum absolute atomic E-state index is 13.5.